The zero-order valence-corrected chi connectivity index (χ0v) is 11.9. The van der Waals surface area contributed by atoms with Crippen LogP contribution in [0, 0.1) is 0 Å². The van der Waals surface area contributed by atoms with Crippen molar-refractivity contribution in [2.24, 2.45) is 0 Å². The van der Waals surface area contributed by atoms with Gasteiger partial charge in [-0.1, -0.05) is 0 Å². The van der Waals surface area contributed by atoms with Crippen LogP contribution in [0.2, 0.25) is 0 Å². The molecule has 5 nitrogen and oxygen atoms in total. The second-order valence-electron chi connectivity index (χ2n) is 4.91. The summed E-state index contributed by atoms with van der Waals surface area (Å²) in [6.45, 7) is 9.73. The molecule has 2 aliphatic heterocycles. The molecule has 18 heavy (non-hydrogen) atoms. The van der Waals surface area contributed by atoms with E-state index in [1.807, 2.05) is 0 Å². The number of nitrogens with zero attached hydrogens (tertiary/aromatic N) is 2. The van der Waals surface area contributed by atoms with Gasteiger partial charge in [-0.25, -0.2) is 4.79 Å². The molecule has 0 aliphatic carbocycles. The Morgan fingerprint density at radius 1 is 1.11 bits per heavy atom. The van der Waals surface area contributed by atoms with Crippen molar-refractivity contribution in [1.82, 2.24) is 9.80 Å². The molecule has 2 saturated heterocycles. The highest BCUT2D eigenvalue weighted by Gasteiger charge is 2.16. The number of likely N-dealkylation sites (tertiary alicyclic amines) is 1. The van der Waals surface area contributed by atoms with Crippen molar-refractivity contribution in [2.75, 3.05) is 46.5 Å². The summed E-state index contributed by atoms with van der Waals surface area (Å²) in [6, 6.07) is 0.775. The van der Waals surface area contributed by atoms with Gasteiger partial charge in [0, 0.05) is 19.1 Å². The predicted octanol–water partition coefficient (Wildman–Crippen LogP) is 1.58. The normalized spacial score (nSPS) is 20.6. The quantitative estimate of drug-likeness (QED) is 0.716. The summed E-state index contributed by atoms with van der Waals surface area (Å²) in [5, 5.41) is 0. The molecule has 0 aromatic heterocycles. The average Bonchev–Trinajstić information content (AvgIpc) is 2.94. The average molecular weight is 258 g/mol. The van der Waals surface area contributed by atoms with Crippen LogP contribution in [-0.4, -0.2) is 68.4 Å². The Morgan fingerprint density at radius 2 is 1.67 bits per heavy atom. The number of hydrogen-bond acceptors (Lipinski definition) is 4. The van der Waals surface area contributed by atoms with E-state index in [4.69, 9.17) is 4.74 Å². The fraction of sp³-hybridized carbons (Fsp3) is 0.923. The Balaban J connectivity index is 0.000000184. The van der Waals surface area contributed by atoms with Gasteiger partial charge in [0.25, 0.3) is 0 Å². The molecule has 0 unspecified atom stereocenters. The predicted molar refractivity (Wildman–Crippen MR) is 70.7 cm³/mol. The minimum atomic E-state index is -0.261. The van der Waals surface area contributed by atoms with E-state index >= 15 is 0 Å². The van der Waals surface area contributed by atoms with E-state index < -0.39 is 0 Å². The van der Waals surface area contributed by atoms with Crippen LogP contribution in [0.5, 0.6) is 0 Å². The first-order valence-electron chi connectivity index (χ1n) is 6.80. The summed E-state index contributed by atoms with van der Waals surface area (Å²) in [7, 11) is 1.39. The monoisotopic (exact) mass is 258 g/mol. The molecule has 0 aromatic carbocycles. The number of carbonyl (C=O) groups excluding carboxylic acids is 1. The highest BCUT2D eigenvalue weighted by Crippen LogP contribution is 2.09. The van der Waals surface area contributed by atoms with Gasteiger partial charge in [-0.2, -0.15) is 0 Å². The van der Waals surface area contributed by atoms with Gasteiger partial charge >= 0.3 is 6.09 Å². The molecule has 0 spiro atoms. The van der Waals surface area contributed by atoms with Crippen molar-refractivity contribution in [1.29, 1.82) is 0 Å². The molecule has 0 aromatic rings. The molecule has 2 rings (SSSR count). The topological polar surface area (TPSA) is 42.0 Å². The second-order valence-corrected chi connectivity index (χ2v) is 4.91. The van der Waals surface area contributed by atoms with Crippen LogP contribution >= 0.6 is 0 Å². The van der Waals surface area contributed by atoms with Crippen molar-refractivity contribution >= 4 is 6.09 Å². The summed E-state index contributed by atoms with van der Waals surface area (Å²) in [5.41, 5.74) is 0. The van der Waals surface area contributed by atoms with E-state index in [2.05, 4.69) is 23.5 Å². The second kappa shape index (κ2) is 8.32. The van der Waals surface area contributed by atoms with Gasteiger partial charge < -0.3 is 19.3 Å². The molecule has 0 radical (unpaired) electrons. The summed E-state index contributed by atoms with van der Waals surface area (Å²) < 4.78 is 9.57. The largest absolute Gasteiger partial charge is 0.453 e. The molecule has 0 bridgehead atoms. The van der Waals surface area contributed by atoms with Crippen molar-refractivity contribution in [3.05, 3.63) is 0 Å². The lowest BCUT2D eigenvalue weighted by Crippen LogP contribution is -2.40. The fourth-order valence-electron chi connectivity index (χ4n) is 2.13. The lowest BCUT2D eigenvalue weighted by molar-refractivity contribution is 0.0334. The van der Waals surface area contributed by atoms with Gasteiger partial charge in [0.2, 0.25) is 0 Å². The summed E-state index contributed by atoms with van der Waals surface area (Å²) in [6.07, 6.45) is 2.57. The highest BCUT2D eigenvalue weighted by atomic mass is 16.5. The molecule has 0 atom stereocenters. The maximum absolute atomic E-state index is 10.8. The maximum atomic E-state index is 10.8. The molecule has 0 N–H and O–H groups in total. The van der Waals surface area contributed by atoms with Crippen molar-refractivity contribution in [3.8, 4) is 0 Å². The van der Waals surface area contributed by atoms with Gasteiger partial charge in [0.15, 0.2) is 0 Å². The molecule has 1 amide bonds. The van der Waals surface area contributed by atoms with Gasteiger partial charge in [-0.05, 0) is 39.8 Å². The van der Waals surface area contributed by atoms with Crippen molar-refractivity contribution in [2.45, 2.75) is 32.7 Å². The first-order valence-corrected chi connectivity index (χ1v) is 6.80. The maximum Gasteiger partial charge on any atom is 0.409 e. The zero-order valence-electron chi connectivity index (χ0n) is 11.9. The van der Waals surface area contributed by atoms with Crippen LogP contribution in [0.1, 0.15) is 26.7 Å². The third-order valence-electron chi connectivity index (χ3n) is 3.31. The van der Waals surface area contributed by atoms with Crippen molar-refractivity contribution < 1.29 is 14.3 Å². The van der Waals surface area contributed by atoms with E-state index in [1.165, 1.54) is 33.0 Å². The first-order chi connectivity index (χ1) is 8.65. The number of rotatable bonds is 1. The Kier molecular flexibility index (Phi) is 7.05. The van der Waals surface area contributed by atoms with E-state index in [0.717, 1.165) is 6.04 Å². The van der Waals surface area contributed by atoms with Crippen LogP contribution in [-0.2, 0) is 9.47 Å². The van der Waals surface area contributed by atoms with Crippen LogP contribution in [0.3, 0.4) is 0 Å². The van der Waals surface area contributed by atoms with Crippen LogP contribution in [0.4, 0.5) is 4.79 Å². The summed E-state index contributed by atoms with van der Waals surface area (Å²) in [5.74, 6) is 0. The molecular weight excluding hydrogens is 232 g/mol. The minimum absolute atomic E-state index is 0.261. The highest BCUT2D eigenvalue weighted by molar-refractivity contribution is 5.67. The number of hydrogen-bond donors (Lipinski definition) is 0. The molecule has 106 valence electrons. The lowest BCUT2D eigenvalue weighted by atomic mass is 10.3. The van der Waals surface area contributed by atoms with E-state index in [-0.39, 0.29) is 6.09 Å². The Hall–Kier alpha value is -0.810. The molecule has 2 fully saturated rings. The Bertz CT molecular complexity index is 234. The smallest absolute Gasteiger partial charge is 0.409 e. The number of methoxy groups -OCH3 is 1. The zero-order chi connectivity index (χ0) is 13.4. The van der Waals surface area contributed by atoms with Crippen LogP contribution < -0.4 is 0 Å². The third kappa shape index (κ3) is 5.23. The summed E-state index contributed by atoms with van der Waals surface area (Å²) >= 11 is 0. The third-order valence-corrected chi connectivity index (χ3v) is 3.31. The molecule has 0 saturated carbocycles. The molecule has 5 heteroatoms. The fourth-order valence-corrected chi connectivity index (χ4v) is 2.13. The Morgan fingerprint density at radius 3 is 2.06 bits per heavy atom. The molecular formula is C13H26N2O3. The van der Waals surface area contributed by atoms with Crippen LogP contribution in [0.25, 0.3) is 0 Å². The van der Waals surface area contributed by atoms with E-state index in [1.54, 1.807) is 4.90 Å². The molecule has 2 heterocycles. The molecule has 2 aliphatic rings. The summed E-state index contributed by atoms with van der Waals surface area (Å²) in [4.78, 5) is 15.0. The van der Waals surface area contributed by atoms with Crippen LogP contribution in [0.15, 0.2) is 0 Å². The standard InChI is InChI=1S/C7H15N.C6H11NO3/c1-7(2)8-5-3-4-6-8;1-9-6(8)7-2-4-10-5-3-7/h7H,3-6H2,1-2H3;2-5H2,1H3. The SMILES string of the molecule is CC(C)N1CCCC1.COC(=O)N1CCOCC1. The number of amides is 1. The first kappa shape index (κ1) is 15.2. The lowest BCUT2D eigenvalue weighted by Gasteiger charge is -2.24. The van der Waals surface area contributed by atoms with Gasteiger partial charge in [-0.3, -0.25) is 0 Å². The number of carbonyl (C=O) groups is 1. The Labute approximate surface area is 110 Å². The van der Waals surface area contributed by atoms with E-state index in [0.29, 0.717) is 26.3 Å². The van der Waals surface area contributed by atoms with Gasteiger partial charge in [-0.15, -0.1) is 0 Å². The minimum Gasteiger partial charge on any atom is -0.453 e. The number of morpholine rings is 1. The van der Waals surface area contributed by atoms with Gasteiger partial charge in [0.1, 0.15) is 0 Å². The van der Waals surface area contributed by atoms with Gasteiger partial charge in [0.05, 0.1) is 20.3 Å². The number of ether oxygens (including phenoxy) is 2. The van der Waals surface area contributed by atoms with E-state index in [9.17, 15) is 4.79 Å². The van der Waals surface area contributed by atoms with Crippen molar-refractivity contribution in [3.63, 3.8) is 0 Å².